The van der Waals surface area contributed by atoms with Crippen molar-refractivity contribution in [3.8, 4) is 0 Å². The van der Waals surface area contributed by atoms with Gasteiger partial charge >= 0.3 is 0 Å². The molecule has 148 valence electrons. The molecule has 0 fully saturated rings. The summed E-state index contributed by atoms with van der Waals surface area (Å²) in [7, 11) is 1.46. The zero-order valence-electron chi connectivity index (χ0n) is 15.3. The molecule has 1 unspecified atom stereocenters. The summed E-state index contributed by atoms with van der Waals surface area (Å²) < 4.78 is 0. The Hall–Kier alpha value is -2.64. The molecule has 0 aromatic heterocycles. The van der Waals surface area contributed by atoms with Crippen LogP contribution in [0.4, 0.5) is 5.69 Å². The van der Waals surface area contributed by atoms with E-state index in [4.69, 9.17) is 23.2 Å². The van der Waals surface area contributed by atoms with E-state index in [1.165, 1.54) is 30.1 Å². The lowest BCUT2D eigenvalue weighted by molar-refractivity contribution is -0.385. The Balaban J connectivity index is 2.38. The van der Waals surface area contributed by atoms with Crippen molar-refractivity contribution in [2.45, 2.75) is 25.9 Å². The third-order valence-corrected chi connectivity index (χ3v) is 5.04. The molecule has 0 bridgehead atoms. The van der Waals surface area contributed by atoms with Crippen LogP contribution in [0.25, 0.3) is 0 Å². The van der Waals surface area contributed by atoms with E-state index in [9.17, 15) is 19.7 Å². The Morgan fingerprint density at radius 1 is 1.14 bits per heavy atom. The molecule has 2 aromatic carbocycles. The highest BCUT2D eigenvalue weighted by molar-refractivity contribution is 6.36. The van der Waals surface area contributed by atoms with Crippen molar-refractivity contribution in [3.63, 3.8) is 0 Å². The number of hydrogen-bond donors (Lipinski definition) is 1. The molecular weight excluding hydrogens is 405 g/mol. The number of halogens is 2. The van der Waals surface area contributed by atoms with Gasteiger partial charge in [-0.2, -0.15) is 0 Å². The molecule has 0 saturated carbocycles. The van der Waals surface area contributed by atoms with Crippen molar-refractivity contribution in [3.05, 3.63) is 73.8 Å². The van der Waals surface area contributed by atoms with Gasteiger partial charge in [0.1, 0.15) is 6.04 Å². The first kappa shape index (κ1) is 21.7. The number of benzene rings is 2. The number of nitrogens with one attached hydrogen (secondary N) is 1. The van der Waals surface area contributed by atoms with Gasteiger partial charge in [-0.25, -0.2) is 0 Å². The van der Waals surface area contributed by atoms with Gasteiger partial charge in [0.2, 0.25) is 11.8 Å². The summed E-state index contributed by atoms with van der Waals surface area (Å²) >= 11 is 12.4. The van der Waals surface area contributed by atoms with Crippen molar-refractivity contribution >= 4 is 40.7 Å². The molecule has 1 atom stereocenters. The molecule has 0 heterocycles. The Labute approximate surface area is 172 Å². The van der Waals surface area contributed by atoms with Crippen LogP contribution in [0.5, 0.6) is 0 Å². The molecule has 2 rings (SSSR count). The average molecular weight is 424 g/mol. The Kier molecular flexibility index (Phi) is 7.37. The molecule has 0 spiro atoms. The van der Waals surface area contributed by atoms with E-state index in [0.717, 1.165) is 0 Å². The maximum atomic E-state index is 13.0. The van der Waals surface area contributed by atoms with Crippen LogP contribution in [0, 0.1) is 10.1 Å². The summed E-state index contributed by atoms with van der Waals surface area (Å²) in [5, 5.41) is 14.4. The molecule has 0 radical (unpaired) electrons. The number of amides is 2. The number of nitro benzene ring substituents is 1. The maximum absolute atomic E-state index is 13.0. The first-order valence-electron chi connectivity index (χ1n) is 8.42. The third kappa shape index (κ3) is 4.99. The van der Waals surface area contributed by atoms with E-state index in [1.807, 2.05) is 0 Å². The first-order chi connectivity index (χ1) is 13.3. The van der Waals surface area contributed by atoms with Gasteiger partial charge in [0.05, 0.1) is 11.3 Å². The standard InChI is InChI=1S/C19H19Cl2N3O4/c1-12(19(26)22-2)23(11-14-15(20)7-5-8-16(14)21)18(25)10-13-6-3-4-9-17(13)24(27)28/h3-9,12H,10-11H2,1-2H3,(H,22,26). The highest BCUT2D eigenvalue weighted by Crippen LogP contribution is 2.27. The van der Waals surface area contributed by atoms with Gasteiger partial charge in [-0.05, 0) is 19.1 Å². The second-order valence-corrected chi connectivity index (χ2v) is 6.89. The lowest BCUT2D eigenvalue weighted by Crippen LogP contribution is -2.47. The molecule has 1 N–H and O–H groups in total. The number of hydrogen-bond acceptors (Lipinski definition) is 4. The van der Waals surface area contributed by atoms with Gasteiger partial charge in [0.15, 0.2) is 0 Å². The van der Waals surface area contributed by atoms with Crippen molar-refractivity contribution in [1.29, 1.82) is 0 Å². The fraction of sp³-hybridized carbons (Fsp3) is 0.263. The molecule has 0 aliphatic rings. The Bertz CT molecular complexity index is 884. The van der Waals surface area contributed by atoms with E-state index < -0.39 is 16.9 Å². The van der Waals surface area contributed by atoms with Gasteiger partial charge < -0.3 is 10.2 Å². The van der Waals surface area contributed by atoms with Gasteiger partial charge in [0.25, 0.3) is 5.69 Å². The smallest absolute Gasteiger partial charge is 0.273 e. The van der Waals surface area contributed by atoms with Crippen LogP contribution in [-0.4, -0.2) is 34.7 Å². The SMILES string of the molecule is CNC(=O)C(C)N(Cc1c(Cl)cccc1Cl)C(=O)Cc1ccccc1[N+](=O)[O-]. The third-order valence-electron chi connectivity index (χ3n) is 4.33. The molecule has 28 heavy (non-hydrogen) atoms. The molecule has 2 amide bonds. The summed E-state index contributed by atoms with van der Waals surface area (Å²) in [6, 6.07) is 10.1. The maximum Gasteiger partial charge on any atom is 0.273 e. The second-order valence-electron chi connectivity index (χ2n) is 6.07. The number of nitro groups is 1. The first-order valence-corrected chi connectivity index (χ1v) is 9.18. The average Bonchev–Trinajstić information content (AvgIpc) is 2.66. The Morgan fingerprint density at radius 3 is 2.32 bits per heavy atom. The number of likely N-dealkylation sites (N-methyl/N-ethyl adjacent to an activating group) is 1. The zero-order valence-corrected chi connectivity index (χ0v) is 16.8. The van der Waals surface area contributed by atoms with Gasteiger partial charge in [0, 0.05) is 40.8 Å². The van der Waals surface area contributed by atoms with Crippen LogP contribution in [0.3, 0.4) is 0 Å². The van der Waals surface area contributed by atoms with E-state index in [-0.39, 0.29) is 30.1 Å². The van der Waals surface area contributed by atoms with E-state index in [0.29, 0.717) is 15.6 Å². The van der Waals surface area contributed by atoms with E-state index >= 15 is 0 Å². The topological polar surface area (TPSA) is 92.6 Å². The predicted molar refractivity (Wildman–Crippen MR) is 107 cm³/mol. The highest BCUT2D eigenvalue weighted by atomic mass is 35.5. The lowest BCUT2D eigenvalue weighted by Gasteiger charge is -2.29. The van der Waals surface area contributed by atoms with Gasteiger partial charge in [-0.3, -0.25) is 19.7 Å². The summed E-state index contributed by atoms with van der Waals surface area (Å²) in [4.78, 5) is 37.2. The fourth-order valence-electron chi connectivity index (χ4n) is 2.75. The largest absolute Gasteiger partial charge is 0.357 e. The van der Waals surface area contributed by atoms with Crippen molar-refractivity contribution < 1.29 is 14.5 Å². The summed E-state index contributed by atoms with van der Waals surface area (Å²) in [5.41, 5.74) is 0.605. The van der Waals surface area contributed by atoms with Crippen LogP contribution in [0.15, 0.2) is 42.5 Å². The molecular formula is C19H19Cl2N3O4. The van der Waals surface area contributed by atoms with Crippen LogP contribution < -0.4 is 5.32 Å². The zero-order chi connectivity index (χ0) is 20.8. The summed E-state index contributed by atoms with van der Waals surface area (Å²) in [5.74, 6) is -0.833. The number of carbonyl (C=O) groups is 2. The predicted octanol–water partition coefficient (Wildman–Crippen LogP) is 3.61. The summed E-state index contributed by atoms with van der Waals surface area (Å²) in [6.07, 6.45) is -0.236. The minimum atomic E-state index is -0.826. The van der Waals surface area contributed by atoms with E-state index in [1.54, 1.807) is 31.2 Å². The fourth-order valence-corrected chi connectivity index (χ4v) is 3.27. The monoisotopic (exact) mass is 423 g/mol. The molecule has 2 aromatic rings. The number of carbonyl (C=O) groups excluding carboxylic acids is 2. The number of para-hydroxylation sites is 1. The Morgan fingerprint density at radius 2 is 1.75 bits per heavy atom. The van der Waals surface area contributed by atoms with Crippen molar-refractivity contribution in [1.82, 2.24) is 10.2 Å². The number of nitrogens with zero attached hydrogens (tertiary/aromatic N) is 2. The molecule has 7 nitrogen and oxygen atoms in total. The lowest BCUT2D eigenvalue weighted by atomic mass is 10.1. The molecule has 0 saturated heterocycles. The van der Waals surface area contributed by atoms with Crippen LogP contribution >= 0.6 is 23.2 Å². The van der Waals surface area contributed by atoms with Crippen LogP contribution in [-0.2, 0) is 22.6 Å². The normalized spacial score (nSPS) is 11.6. The van der Waals surface area contributed by atoms with Gasteiger partial charge in [-0.1, -0.05) is 47.5 Å². The van der Waals surface area contributed by atoms with Crippen LogP contribution in [0.1, 0.15) is 18.1 Å². The van der Waals surface area contributed by atoms with Crippen molar-refractivity contribution in [2.75, 3.05) is 7.05 Å². The highest BCUT2D eigenvalue weighted by Gasteiger charge is 2.28. The van der Waals surface area contributed by atoms with Crippen LogP contribution in [0.2, 0.25) is 10.0 Å². The van der Waals surface area contributed by atoms with Gasteiger partial charge in [-0.15, -0.1) is 0 Å². The summed E-state index contributed by atoms with van der Waals surface area (Å²) in [6.45, 7) is 1.56. The van der Waals surface area contributed by atoms with Crippen molar-refractivity contribution in [2.24, 2.45) is 0 Å². The molecule has 9 heteroatoms. The minimum absolute atomic E-state index is 0.00738. The number of rotatable bonds is 7. The molecule has 0 aliphatic heterocycles. The second kappa shape index (κ2) is 9.52. The van der Waals surface area contributed by atoms with E-state index in [2.05, 4.69) is 5.32 Å². The molecule has 0 aliphatic carbocycles. The minimum Gasteiger partial charge on any atom is -0.357 e. The quantitative estimate of drug-likeness (QED) is 0.543.